The zero-order valence-electron chi connectivity index (χ0n) is 11.8. The molecule has 1 heterocycles. The molecule has 1 amide bonds. The SMILES string of the molecule is CC(C)(C)OC(=O)NC[C@@H]1CCNc2ccccc21. The number of ether oxygens (including phenoxy) is 1. The average molecular weight is 262 g/mol. The summed E-state index contributed by atoms with van der Waals surface area (Å²) in [6.45, 7) is 7.16. The molecular formula is C15H22N2O2. The second-order valence-electron chi connectivity index (χ2n) is 5.88. The number of carbonyl (C=O) groups excluding carboxylic acids is 1. The van der Waals surface area contributed by atoms with Crippen LogP contribution in [0.4, 0.5) is 10.5 Å². The molecule has 1 aromatic rings. The molecule has 2 rings (SSSR count). The van der Waals surface area contributed by atoms with E-state index in [9.17, 15) is 4.79 Å². The predicted octanol–water partition coefficient (Wildman–Crippen LogP) is 3.11. The molecule has 0 saturated carbocycles. The third-order valence-corrected chi connectivity index (χ3v) is 3.10. The summed E-state index contributed by atoms with van der Waals surface area (Å²) in [5.74, 6) is 0.352. The highest BCUT2D eigenvalue weighted by molar-refractivity contribution is 5.68. The fraction of sp³-hybridized carbons (Fsp3) is 0.533. The zero-order valence-corrected chi connectivity index (χ0v) is 11.8. The van der Waals surface area contributed by atoms with Gasteiger partial charge in [0.2, 0.25) is 0 Å². The first-order valence-corrected chi connectivity index (χ1v) is 6.75. The van der Waals surface area contributed by atoms with Gasteiger partial charge in [0.05, 0.1) is 0 Å². The Kier molecular flexibility index (Phi) is 3.98. The van der Waals surface area contributed by atoms with E-state index in [2.05, 4.69) is 22.8 Å². The fourth-order valence-electron chi connectivity index (χ4n) is 2.28. The molecule has 0 fully saturated rings. The Hall–Kier alpha value is -1.71. The van der Waals surface area contributed by atoms with Gasteiger partial charge in [-0.1, -0.05) is 18.2 Å². The normalized spacial score (nSPS) is 18.2. The molecule has 19 heavy (non-hydrogen) atoms. The minimum atomic E-state index is -0.448. The number of rotatable bonds is 2. The van der Waals surface area contributed by atoms with E-state index >= 15 is 0 Å². The van der Waals surface area contributed by atoms with Crippen molar-refractivity contribution in [2.24, 2.45) is 0 Å². The summed E-state index contributed by atoms with van der Waals surface area (Å²) in [6.07, 6.45) is 0.677. The quantitative estimate of drug-likeness (QED) is 0.861. The molecule has 0 saturated heterocycles. The number of anilines is 1. The van der Waals surface area contributed by atoms with E-state index in [1.54, 1.807) is 0 Å². The van der Waals surface area contributed by atoms with Gasteiger partial charge in [0.25, 0.3) is 0 Å². The Morgan fingerprint density at radius 3 is 2.89 bits per heavy atom. The summed E-state index contributed by atoms with van der Waals surface area (Å²) in [5.41, 5.74) is 1.99. The smallest absolute Gasteiger partial charge is 0.407 e. The maximum absolute atomic E-state index is 11.7. The average Bonchev–Trinajstić information content (AvgIpc) is 2.34. The van der Waals surface area contributed by atoms with Crippen LogP contribution in [-0.4, -0.2) is 24.8 Å². The number of hydrogen-bond donors (Lipinski definition) is 2. The van der Waals surface area contributed by atoms with Crippen molar-refractivity contribution in [3.05, 3.63) is 29.8 Å². The summed E-state index contributed by atoms with van der Waals surface area (Å²) >= 11 is 0. The van der Waals surface area contributed by atoms with E-state index in [0.29, 0.717) is 12.5 Å². The van der Waals surface area contributed by atoms with Crippen molar-refractivity contribution in [1.29, 1.82) is 0 Å². The molecule has 1 aliphatic rings. The van der Waals surface area contributed by atoms with Crippen molar-refractivity contribution >= 4 is 11.8 Å². The first-order chi connectivity index (χ1) is 8.96. The van der Waals surface area contributed by atoms with E-state index in [1.165, 1.54) is 11.3 Å². The lowest BCUT2D eigenvalue weighted by molar-refractivity contribution is 0.0524. The largest absolute Gasteiger partial charge is 0.444 e. The second kappa shape index (κ2) is 5.51. The molecular weight excluding hydrogens is 240 g/mol. The first-order valence-electron chi connectivity index (χ1n) is 6.75. The number of fused-ring (bicyclic) bond motifs is 1. The van der Waals surface area contributed by atoms with Crippen LogP contribution in [0.3, 0.4) is 0 Å². The lowest BCUT2D eigenvalue weighted by Crippen LogP contribution is -2.36. The minimum absolute atomic E-state index is 0.344. The molecule has 0 unspecified atom stereocenters. The van der Waals surface area contributed by atoms with Gasteiger partial charge in [-0.15, -0.1) is 0 Å². The number of benzene rings is 1. The van der Waals surface area contributed by atoms with Gasteiger partial charge in [0.1, 0.15) is 5.60 Å². The van der Waals surface area contributed by atoms with Crippen molar-refractivity contribution in [2.75, 3.05) is 18.4 Å². The standard InChI is InChI=1S/C15H22N2O2/c1-15(2,3)19-14(18)17-10-11-8-9-16-13-7-5-4-6-12(11)13/h4-7,11,16H,8-10H2,1-3H3,(H,17,18)/t11-/m0/s1. The van der Waals surface area contributed by atoms with Gasteiger partial charge in [-0.3, -0.25) is 0 Å². The number of para-hydroxylation sites is 1. The number of nitrogens with one attached hydrogen (secondary N) is 2. The Morgan fingerprint density at radius 2 is 2.16 bits per heavy atom. The minimum Gasteiger partial charge on any atom is -0.444 e. The third kappa shape index (κ3) is 3.88. The van der Waals surface area contributed by atoms with Crippen LogP contribution in [-0.2, 0) is 4.74 Å². The van der Waals surface area contributed by atoms with E-state index in [4.69, 9.17) is 4.74 Å². The summed E-state index contributed by atoms with van der Waals surface area (Å²) < 4.78 is 5.25. The van der Waals surface area contributed by atoms with Gasteiger partial charge < -0.3 is 15.4 Å². The molecule has 4 nitrogen and oxygen atoms in total. The summed E-state index contributed by atoms with van der Waals surface area (Å²) in [7, 11) is 0. The Morgan fingerprint density at radius 1 is 1.42 bits per heavy atom. The molecule has 1 aliphatic heterocycles. The molecule has 2 N–H and O–H groups in total. The van der Waals surface area contributed by atoms with E-state index < -0.39 is 5.60 Å². The summed E-state index contributed by atoms with van der Waals surface area (Å²) in [6, 6.07) is 8.25. The Labute approximate surface area is 114 Å². The maximum Gasteiger partial charge on any atom is 0.407 e. The highest BCUT2D eigenvalue weighted by atomic mass is 16.6. The zero-order chi connectivity index (χ0) is 13.9. The van der Waals surface area contributed by atoms with Crippen LogP contribution < -0.4 is 10.6 Å². The van der Waals surface area contributed by atoms with Crippen molar-refractivity contribution in [3.63, 3.8) is 0 Å². The monoisotopic (exact) mass is 262 g/mol. The van der Waals surface area contributed by atoms with Crippen LogP contribution in [0, 0.1) is 0 Å². The van der Waals surface area contributed by atoms with Gasteiger partial charge in [-0.05, 0) is 38.8 Å². The number of carbonyl (C=O) groups is 1. The van der Waals surface area contributed by atoms with Crippen LogP contribution in [0.1, 0.15) is 38.7 Å². The second-order valence-corrected chi connectivity index (χ2v) is 5.88. The van der Waals surface area contributed by atoms with Crippen molar-refractivity contribution in [1.82, 2.24) is 5.32 Å². The van der Waals surface area contributed by atoms with Crippen LogP contribution >= 0.6 is 0 Å². The fourth-order valence-corrected chi connectivity index (χ4v) is 2.28. The van der Waals surface area contributed by atoms with Gasteiger partial charge in [0, 0.05) is 24.7 Å². The molecule has 0 radical (unpaired) electrons. The molecule has 0 aliphatic carbocycles. The van der Waals surface area contributed by atoms with E-state index in [1.807, 2.05) is 32.9 Å². The van der Waals surface area contributed by atoms with E-state index in [0.717, 1.165) is 13.0 Å². The van der Waals surface area contributed by atoms with Crippen LogP contribution in [0.5, 0.6) is 0 Å². The molecule has 0 spiro atoms. The maximum atomic E-state index is 11.7. The number of alkyl carbamates (subject to hydrolysis) is 1. The predicted molar refractivity (Wildman–Crippen MR) is 76.5 cm³/mol. The number of hydrogen-bond acceptors (Lipinski definition) is 3. The van der Waals surface area contributed by atoms with Crippen molar-refractivity contribution in [3.8, 4) is 0 Å². The molecule has 0 bridgehead atoms. The molecule has 104 valence electrons. The molecule has 1 atom stereocenters. The lowest BCUT2D eigenvalue weighted by atomic mass is 9.91. The van der Waals surface area contributed by atoms with Gasteiger partial charge >= 0.3 is 6.09 Å². The number of amides is 1. The third-order valence-electron chi connectivity index (χ3n) is 3.10. The summed E-state index contributed by atoms with van der Waals surface area (Å²) in [4.78, 5) is 11.7. The first kappa shape index (κ1) is 13.7. The van der Waals surface area contributed by atoms with Gasteiger partial charge in [-0.2, -0.15) is 0 Å². The summed E-state index contributed by atoms with van der Waals surface area (Å²) in [5, 5.41) is 6.24. The molecule has 4 heteroatoms. The molecule has 1 aromatic carbocycles. The van der Waals surface area contributed by atoms with Crippen LogP contribution in [0.15, 0.2) is 24.3 Å². The van der Waals surface area contributed by atoms with E-state index in [-0.39, 0.29) is 6.09 Å². The van der Waals surface area contributed by atoms with Crippen LogP contribution in [0.2, 0.25) is 0 Å². The van der Waals surface area contributed by atoms with Gasteiger partial charge in [-0.25, -0.2) is 4.79 Å². The molecule has 0 aromatic heterocycles. The van der Waals surface area contributed by atoms with Crippen molar-refractivity contribution in [2.45, 2.75) is 38.7 Å². The Balaban J connectivity index is 1.93. The highest BCUT2D eigenvalue weighted by Crippen LogP contribution is 2.30. The Bertz CT molecular complexity index is 452. The topological polar surface area (TPSA) is 50.4 Å². The highest BCUT2D eigenvalue weighted by Gasteiger charge is 2.21. The van der Waals surface area contributed by atoms with Crippen molar-refractivity contribution < 1.29 is 9.53 Å². The van der Waals surface area contributed by atoms with Crippen LogP contribution in [0.25, 0.3) is 0 Å². The lowest BCUT2D eigenvalue weighted by Gasteiger charge is -2.27. The van der Waals surface area contributed by atoms with Gasteiger partial charge in [0.15, 0.2) is 0 Å².